The van der Waals surface area contributed by atoms with Gasteiger partial charge in [-0.3, -0.25) is 9.59 Å². The van der Waals surface area contributed by atoms with E-state index in [1.54, 1.807) is 6.92 Å². The number of hydrogen-bond acceptors (Lipinski definition) is 4. The number of rotatable bonds is 8. The molecule has 1 unspecified atom stereocenters. The molecule has 0 bridgehead atoms. The lowest BCUT2D eigenvalue weighted by Crippen LogP contribution is -2.52. The Kier molecular flexibility index (Phi) is 6.87. The summed E-state index contributed by atoms with van der Waals surface area (Å²) in [6.45, 7) is 1.81. The topological polar surface area (TPSA) is 105 Å². The molecule has 2 aliphatic rings. The molecule has 0 heterocycles. The minimum atomic E-state index is -0.936. The van der Waals surface area contributed by atoms with E-state index < -0.39 is 29.4 Å². The maximum atomic E-state index is 12.7. The van der Waals surface area contributed by atoms with Crippen molar-refractivity contribution >= 4 is 18.0 Å². The van der Waals surface area contributed by atoms with Crippen molar-refractivity contribution in [1.29, 1.82) is 0 Å². The number of carbonyl (C=O) groups is 3. The zero-order valence-corrected chi connectivity index (χ0v) is 19.1. The van der Waals surface area contributed by atoms with E-state index in [0.29, 0.717) is 12.8 Å². The fourth-order valence-corrected chi connectivity index (χ4v) is 4.65. The maximum Gasteiger partial charge on any atom is 0.407 e. The number of carboxylic acid groups (broad SMARTS) is 1. The average molecular weight is 461 g/mol. The minimum absolute atomic E-state index is 0.0313. The molecule has 2 aromatic rings. The van der Waals surface area contributed by atoms with Gasteiger partial charge in [-0.15, -0.1) is 11.8 Å². The Bertz CT molecular complexity index is 1110. The molecule has 2 amide bonds. The lowest BCUT2D eigenvalue weighted by atomic mass is 9.69. The Morgan fingerprint density at radius 2 is 1.71 bits per heavy atom. The number of alkyl carbamates (subject to hydrolysis) is 1. The van der Waals surface area contributed by atoms with Crippen LogP contribution in [0.1, 0.15) is 49.7 Å². The smallest absolute Gasteiger partial charge is 0.407 e. The molecule has 4 rings (SSSR count). The summed E-state index contributed by atoms with van der Waals surface area (Å²) in [6.07, 6.45) is 1.28. The second kappa shape index (κ2) is 10.0. The molecular weight excluding hydrogens is 432 g/mol. The highest BCUT2D eigenvalue weighted by Gasteiger charge is 2.44. The number of carboxylic acids is 1. The number of benzene rings is 2. The largest absolute Gasteiger partial charge is 0.481 e. The Morgan fingerprint density at radius 3 is 2.24 bits per heavy atom. The molecule has 0 spiro atoms. The van der Waals surface area contributed by atoms with E-state index >= 15 is 0 Å². The van der Waals surface area contributed by atoms with Gasteiger partial charge in [0.05, 0.1) is 5.41 Å². The molecule has 34 heavy (non-hydrogen) atoms. The van der Waals surface area contributed by atoms with Crippen LogP contribution in [0.5, 0.6) is 0 Å². The van der Waals surface area contributed by atoms with Crippen LogP contribution < -0.4 is 10.6 Å². The summed E-state index contributed by atoms with van der Waals surface area (Å²) in [5.41, 5.74) is 3.54. The summed E-state index contributed by atoms with van der Waals surface area (Å²) in [7, 11) is 0. The molecule has 3 N–H and O–H groups in total. The fraction of sp³-hybridized carbons (Fsp3) is 0.370. The van der Waals surface area contributed by atoms with Gasteiger partial charge in [0.25, 0.3) is 0 Å². The summed E-state index contributed by atoms with van der Waals surface area (Å²) in [5.74, 6) is 4.06. The average Bonchev–Trinajstić information content (AvgIpc) is 3.13. The number of nitrogens with one attached hydrogen (secondary N) is 2. The van der Waals surface area contributed by atoms with Crippen LogP contribution in [-0.4, -0.2) is 42.3 Å². The molecule has 0 radical (unpaired) electrons. The number of hydrogen-bond donors (Lipinski definition) is 3. The molecule has 7 heteroatoms. The monoisotopic (exact) mass is 460 g/mol. The van der Waals surface area contributed by atoms with Gasteiger partial charge in [0.15, 0.2) is 0 Å². The van der Waals surface area contributed by atoms with Crippen molar-refractivity contribution in [3.8, 4) is 23.0 Å². The first-order valence-corrected chi connectivity index (χ1v) is 11.5. The van der Waals surface area contributed by atoms with E-state index in [1.807, 2.05) is 36.4 Å². The molecule has 176 valence electrons. The summed E-state index contributed by atoms with van der Waals surface area (Å²) >= 11 is 0. The molecule has 0 saturated heterocycles. The zero-order chi connectivity index (χ0) is 24.1. The van der Waals surface area contributed by atoms with Crippen molar-refractivity contribution in [2.24, 2.45) is 5.41 Å². The van der Waals surface area contributed by atoms with Crippen LogP contribution in [0, 0.1) is 17.3 Å². The van der Waals surface area contributed by atoms with Gasteiger partial charge in [-0.05, 0) is 42.0 Å². The highest BCUT2D eigenvalue weighted by Crippen LogP contribution is 2.44. The molecule has 0 aromatic heterocycles. The number of amides is 2. The first-order chi connectivity index (χ1) is 16.4. The van der Waals surface area contributed by atoms with Crippen molar-refractivity contribution < 1.29 is 24.2 Å². The number of fused-ring (bicyclic) bond motifs is 3. The summed E-state index contributed by atoms with van der Waals surface area (Å²) in [5, 5.41) is 14.8. The van der Waals surface area contributed by atoms with Crippen LogP contribution in [0.2, 0.25) is 0 Å². The highest BCUT2D eigenvalue weighted by molar-refractivity contribution is 5.87. The Labute approximate surface area is 198 Å². The minimum Gasteiger partial charge on any atom is -0.481 e. The molecule has 0 aliphatic heterocycles. The summed E-state index contributed by atoms with van der Waals surface area (Å²) in [6, 6.07) is 15.2. The SMILES string of the molecule is CC#CCC(NC(=O)OCC1c2ccccc2-c2ccccc21)C(=O)NCC1(C(=O)O)CCC1. The van der Waals surface area contributed by atoms with E-state index in [0.717, 1.165) is 28.7 Å². The van der Waals surface area contributed by atoms with Crippen molar-refractivity contribution in [1.82, 2.24) is 10.6 Å². The molecule has 1 fully saturated rings. The maximum absolute atomic E-state index is 12.7. The van der Waals surface area contributed by atoms with Gasteiger partial charge in [-0.2, -0.15) is 0 Å². The van der Waals surface area contributed by atoms with Crippen LogP contribution in [-0.2, 0) is 14.3 Å². The summed E-state index contributed by atoms with van der Waals surface area (Å²) < 4.78 is 5.54. The first-order valence-electron chi connectivity index (χ1n) is 11.5. The van der Waals surface area contributed by atoms with Crippen molar-refractivity contribution in [3.05, 3.63) is 59.7 Å². The number of aliphatic carboxylic acids is 1. The molecule has 1 saturated carbocycles. The van der Waals surface area contributed by atoms with Crippen LogP contribution >= 0.6 is 0 Å². The van der Waals surface area contributed by atoms with Gasteiger partial charge >= 0.3 is 12.1 Å². The second-order valence-electron chi connectivity index (χ2n) is 8.81. The van der Waals surface area contributed by atoms with Crippen molar-refractivity contribution in [2.45, 2.75) is 44.6 Å². The fourth-order valence-electron chi connectivity index (χ4n) is 4.65. The van der Waals surface area contributed by atoms with Gasteiger partial charge in [-0.1, -0.05) is 55.0 Å². The van der Waals surface area contributed by atoms with Gasteiger partial charge in [-0.25, -0.2) is 4.79 Å². The lowest BCUT2D eigenvalue weighted by molar-refractivity contribution is -0.154. The molecular formula is C27H28N2O5. The Hall–Kier alpha value is -3.79. The normalized spacial score (nSPS) is 16.0. The van der Waals surface area contributed by atoms with E-state index in [4.69, 9.17) is 4.74 Å². The van der Waals surface area contributed by atoms with E-state index in [1.165, 1.54) is 0 Å². The van der Waals surface area contributed by atoms with E-state index in [9.17, 15) is 19.5 Å². The third kappa shape index (κ3) is 4.62. The number of ether oxygens (including phenoxy) is 1. The quantitative estimate of drug-likeness (QED) is 0.522. The molecule has 2 aliphatic carbocycles. The molecule has 2 aromatic carbocycles. The van der Waals surface area contributed by atoms with Crippen LogP contribution in [0.15, 0.2) is 48.5 Å². The summed E-state index contributed by atoms with van der Waals surface area (Å²) in [4.78, 5) is 36.9. The predicted octanol–water partition coefficient (Wildman–Crippen LogP) is 3.68. The second-order valence-corrected chi connectivity index (χ2v) is 8.81. The van der Waals surface area contributed by atoms with Gasteiger partial charge in [0.2, 0.25) is 5.91 Å². The third-order valence-corrected chi connectivity index (χ3v) is 6.80. The van der Waals surface area contributed by atoms with Crippen LogP contribution in [0.3, 0.4) is 0 Å². The van der Waals surface area contributed by atoms with Crippen molar-refractivity contribution in [3.63, 3.8) is 0 Å². The van der Waals surface area contributed by atoms with Crippen molar-refractivity contribution in [2.75, 3.05) is 13.2 Å². The lowest BCUT2D eigenvalue weighted by Gasteiger charge is -2.37. The van der Waals surface area contributed by atoms with Crippen LogP contribution in [0.4, 0.5) is 4.79 Å². The molecule has 7 nitrogen and oxygen atoms in total. The number of carbonyl (C=O) groups excluding carboxylic acids is 2. The molecule has 1 atom stereocenters. The Morgan fingerprint density at radius 1 is 1.09 bits per heavy atom. The standard InChI is InChI=1S/C27H28N2O5/c1-2-3-13-23(24(30)28-17-27(25(31)32)14-8-15-27)29-26(33)34-16-22-20-11-6-4-9-18(20)19-10-5-7-12-21(19)22/h4-7,9-12,22-23H,8,13-17H2,1H3,(H,28,30)(H,29,33)(H,31,32). The zero-order valence-electron chi connectivity index (χ0n) is 19.1. The van der Waals surface area contributed by atoms with Gasteiger partial charge in [0.1, 0.15) is 12.6 Å². The highest BCUT2D eigenvalue weighted by atomic mass is 16.5. The Balaban J connectivity index is 1.38. The first kappa shape index (κ1) is 23.4. The van der Waals surface area contributed by atoms with E-state index in [-0.39, 0.29) is 25.5 Å². The van der Waals surface area contributed by atoms with Gasteiger partial charge < -0.3 is 20.5 Å². The predicted molar refractivity (Wildman–Crippen MR) is 127 cm³/mol. The van der Waals surface area contributed by atoms with E-state index in [2.05, 4.69) is 34.6 Å². The van der Waals surface area contributed by atoms with Crippen LogP contribution in [0.25, 0.3) is 11.1 Å². The van der Waals surface area contributed by atoms with Gasteiger partial charge in [0, 0.05) is 18.9 Å². The third-order valence-electron chi connectivity index (χ3n) is 6.80.